The molecule has 0 aromatic rings. The summed E-state index contributed by atoms with van der Waals surface area (Å²) in [5, 5.41) is 6.74. The van der Waals surface area contributed by atoms with Crippen molar-refractivity contribution >= 4 is 0 Å². The number of hydrogen-bond acceptors (Lipinski definition) is 3. The van der Waals surface area contributed by atoms with E-state index in [9.17, 15) is 0 Å². The van der Waals surface area contributed by atoms with Gasteiger partial charge in [-0.3, -0.25) is 0 Å². The standard InChI is InChI=1S/C8H16N2O/c1-3-11-4-2-9-5-8(1)6-10-7-8/h9-10H,1-7H2. The third kappa shape index (κ3) is 1.55. The first-order valence-electron chi connectivity index (χ1n) is 4.41. The van der Waals surface area contributed by atoms with E-state index in [0.29, 0.717) is 5.41 Å². The molecule has 2 saturated heterocycles. The van der Waals surface area contributed by atoms with Crippen molar-refractivity contribution in [3.8, 4) is 0 Å². The Kier molecular flexibility index (Phi) is 2.11. The van der Waals surface area contributed by atoms with Gasteiger partial charge in [-0.05, 0) is 6.42 Å². The molecule has 2 heterocycles. The van der Waals surface area contributed by atoms with E-state index in [1.807, 2.05) is 0 Å². The van der Waals surface area contributed by atoms with Gasteiger partial charge in [-0.1, -0.05) is 0 Å². The minimum Gasteiger partial charge on any atom is -0.380 e. The molecule has 1 spiro atoms. The maximum absolute atomic E-state index is 5.42. The lowest BCUT2D eigenvalue weighted by atomic mass is 9.78. The second kappa shape index (κ2) is 3.09. The first kappa shape index (κ1) is 7.53. The van der Waals surface area contributed by atoms with Gasteiger partial charge < -0.3 is 15.4 Å². The van der Waals surface area contributed by atoms with E-state index in [2.05, 4.69) is 10.6 Å². The van der Waals surface area contributed by atoms with Gasteiger partial charge >= 0.3 is 0 Å². The zero-order chi connectivity index (χ0) is 7.57. The minimum atomic E-state index is 0.528. The summed E-state index contributed by atoms with van der Waals surface area (Å²) < 4.78 is 5.42. The molecule has 3 heteroatoms. The molecule has 0 aliphatic carbocycles. The molecule has 2 aliphatic rings. The van der Waals surface area contributed by atoms with Crippen LogP contribution in [-0.4, -0.2) is 39.4 Å². The molecule has 0 bridgehead atoms. The van der Waals surface area contributed by atoms with Gasteiger partial charge in [-0.15, -0.1) is 0 Å². The highest BCUT2D eigenvalue weighted by molar-refractivity contribution is 4.94. The van der Waals surface area contributed by atoms with Gasteiger partial charge in [0.1, 0.15) is 0 Å². The summed E-state index contributed by atoms with van der Waals surface area (Å²) in [5.41, 5.74) is 0.528. The van der Waals surface area contributed by atoms with Gasteiger partial charge in [0.05, 0.1) is 6.61 Å². The van der Waals surface area contributed by atoms with Crippen LogP contribution in [0.2, 0.25) is 0 Å². The van der Waals surface area contributed by atoms with Crippen molar-refractivity contribution in [3.63, 3.8) is 0 Å². The number of nitrogens with one attached hydrogen (secondary N) is 2. The van der Waals surface area contributed by atoms with Gasteiger partial charge in [-0.2, -0.15) is 0 Å². The highest BCUT2D eigenvalue weighted by Gasteiger charge is 2.36. The lowest BCUT2D eigenvalue weighted by Crippen LogP contribution is -2.59. The van der Waals surface area contributed by atoms with Crippen LogP contribution in [0.1, 0.15) is 6.42 Å². The normalized spacial score (nSPS) is 30.5. The Balaban J connectivity index is 1.86. The van der Waals surface area contributed by atoms with E-state index >= 15 is 0 Å². The highest BCUT2D eigenvalue weighted by Crippen LogP contribution is 2.26. The molecule has 2 aliphatic heterocycles. The van der Waals surface area contributed by atoms with Crippen LogP contribution >= 0.6 is 0 Å². The van der Waals surface area contributed by atoms with Crippen LogP contribution in [-0.2, 0) is 4.74 Å². The summed E-state index contributed by atoms with van der Waals surface area (Å²) in [6, 6.07) is 0. The van der Waals surface area contributed by atoms with Gasteiger partial charge in [0, 0.05) is 38.2 Å². The third-order valence-corrected chi connectivity index (χ3v) is 2.70. The zero-order valence-corrected chi connectivity index (χ0v) is 6.86. The maximum Gasteiger partial charge on any atom is 0.0590 e. The van der Waals surface area contributed by atoms with Crippen LogP contribution in [0.3, 0.4) is 0 Å². The summed E-state index contributed by atoms with van der Waals surface area (Å²) in [4.78, 5) is 0. The van der Waals surface area contributed by atoms with Gasteiger partial charge in [0.15, 0.2) is 0 Å². The summed E-state index contributed by atoms with van der Waals surface area (Å²) in [6.07, 6.45) is 1.22. The number of ether oxygens (including phenoxy) is 1. The molecule has 0 saturated carbocycles. The molecule has 64 valence electrons. The number of hydrogen-bond donors (Lipinski definition) is 2. The summed E-state index contributed by atoms with van der Waals surface area (Å²) in [5.74, 6) is 0. The average Bonchev–Trinajstić information content (AvgIpc) is 1.82. The van der Waals surface area contributed by atoms with E-state index in [4.69, 9.17) is 4.74 Å². The van der Waals surface area contributed by atoms with Crippen molar-refractivity contribution < 1.29 is 4.74 Å². The average molecular weight is 156 g/mol. The topological polar surface area (TPSA) is 33.3 Å². The lowest BCUT2D eigenvalue weighted by Gasteiger charge is -2.43. The fraction of sp³-hybridized carbons (Fsp3) is 1.00. The molecule has 0 radical (unpaired) electrons. The molecule has 2 fully saturated rings. The van der Waals surface area contributed by atoms with Gasteiger partial charge in [0.25, 0.3) is 0 Å². The van der Waals surface area contributed by atoms with E-state index in [-0.39, 0.29) is 0 Å². The maximum atomic E-state index is 5.42. The quantitative estimate of drug-likeness (QED) is 0.500. The van der Waals surface area contributed by atoms with Crippen molar-refractivity contribution in [2.24, 2.45) is 5.41 Å². The fourth-order valence-corrected chi connectivity index (χ4v) is 1.76. The first-order chi connectivity index (χ1) is 5.41. The molecule has 0 aromatic carbocycles. The smallest absolute Gasteiger partial charge is 0.0590 e. The van der Waals surface area contributed by atoms with Gasteiger partial charge in [-0.25, -0.2) is 0 Å². The predicted octanol–water partition coefficient (Wildman–Crippen LogP) is -0.414. The molecule has 2 N–H and O–H groups in total. The van der Waals surface area contributed by atoms with E-state index < -0.39 is 0 Å². The van der Waals surface area contributed by atoms with Crippen LogP contribution < -0.4 is 10.6 Å². The monoisotopic (exact) mass is 156 g/mol. The SMILES string of the molecule is C1COCCC2(CN1)CNC2. The Morgan fingerprint density at radius 3 is 2.55 bits per heavy atom. The zero-order valence-electron chi connectivity index (χ0n) is 6.86. The van der Waals surface area contributed by atoms with E-state index in [1.165, 1.54) is 26.1 Å². The Labute approximate surface area is 67.5 Å². The molecule has 2 rings (SSSR count). The van der Waals surface area contributed by atoms with Crippen molar-refractivity contribution in [2.75, 3.05) is 39.4 Å². The molecule has 0 atom stereocenters. The van der Waals surface area contributed by atoms with Crippen LogP contribution in [0.4, 0.5) is 0 Å². The third-order valence-electron chi connectivity index (χ3n) is 2.70. The largest absolute Gasteiger partial charge is 0.380 e. The van der Waals surface area contributed by atoms with Crippen LogP contribution in [0.25, 0.3) is 0 Å². The van der Waals surface area contributed by atoms with Gasteiger partial charge in [0.2, 0.25) is 0 Å². The Morgan fingerprint density at radius 2 is 1.82 bits per heavy atom. The molecular weight excluding hydrogens is 140 g/mol. The van der Waals surface area contributed by atoms with Crippen LogP contribution in [0.15, 0.2) is 0 Å². The second-order valence-electron chi connectivity index (χ2n) is 3.64. The fourth-order valence-electron chi connectivity index (χ4n) is 1.76. The minimum absolute atomic E-state index is 0.528. The van der Waals surface area contributed by atoms with Crippen LogP contribution in [0, 0.1) is 5.41 Å². The van der Waals surface area contributed by atoms with Crippen molar-refractivity contribution in [2.45, 2.75) is 6.42 Å². The molecule has 0 amide bonds. The summed E-state index contributed by atoms with van der Waals surface area (Å²) >= 11 is 0. The molecular formula is C8H16N2O. The first-order valence-corrected chi connectivity index (χ1v) is 4.41. The number of rotatable bonds is 0. The summed E-state index contributed by atoms with van der Waals surface area (Å²) in [6.45, 7) is 6.35. The van der Waals surface area contributed by atoms with E-state index in [1.54, 1.807) is 0 Å². The molecule has 11 heavy (non-hydrogen) atoms. The second-order valence-corrected chi connectivity index (χ2v) is 3.64. The Morgan fingerprint density at radius 1 is 1.00 bits per heavy atom. The lowest BCUT2D eigenvalue weighted by molar-refractivity contribution is 0.0462. The molecule has 0 aromatic heterocycles. The van der Waals surface area contributed by atoms with E-state index in [0.717, 1.165) is 19.8 Å². The van der Waals surface area contributed by atoms with Crippen molar-refractivity contribution in [3.05, 3.63) is 0 Å². The predicted molar refractivity (Wildman–Crippen MR) is 43.6 cm³/mol. The van der Waals surface area contributed by atoms with Crippen LogP contribution in [0.5, 0.6) is 0 Å². The Bertz CT molecular complexity index is 124. The van der Waals surface area contributed by atoms with Crippen molar-refractivity contribution in [1.82, 2.24) is 10.6 Å². The molecule has 3 nitrogen and oxygen atoms in total. The summed E-state index contributed by atoms with van der Waals surface area (Å²) in [7, 11) is 0. The van der Waals surface area contributed by atoms with Crippen molar-refractivity contribution in [1.29, 1.82) is 0 Å². The Hall–Kier alpha value is -0.120. The highest BCUT2D eigenvalue weighted by atomic mass is 16.5. The molecule has 0 unspecified atom stereocenters.